The van der Waals surface area contributed by atoms with E-state index >= 15 is 0 Å². The molecule has 0 spiro atoms. The minimum Gasteiger partial charge on any atom is -0.493 e. The van der Waals surface area contributed by atoms with Gasteiger partial charge in [-0.05, 0) is 18.2 Å². The Labute approximate surface area is 169 Å². The number of nitrogens with zero attached hydrogens (tertiary/aromatic N) is 1. The Morgan fingerprint density at radius 1 is 1.04 bits per heavy atom. The maximum atomic E-state index is 6.04. The number of guanidine groups is 1. The first-order valence-corrected chi connectivity index (χ1v) is 8.48. The molecule has 2 aromatic carbocycles. The zero-order valence-electron chi connectivity index (χ0n) is 14.3. The van der Waals surface area contributed by atoms with Crippen LogP contribution >= 0.6 is 24.0 Å². The van der Waals surface area contributed by atoms with Crippen LogP contribution in [0.15, 0.2) is 47.5 Å². The van der Waals surface area contributed by atoms with Gasteiger partial charge >= 0.3 is 0 Å². The van der Waals surface area contributed by atoms with Crippen molar-refractivity contribution < 1.29 is 14.2 Å². The summed E-state index contributed by atoms with van der Waals surface area (Å²) >= 11 is 0. The molecule has 26 heavy (non-hydrogen) atoms. The third kappa shape index (κ3) is 4.14. The lowest BCUT2D eigenvalue weighted by atomic mass is 10.0. The molecule has 0 aliphatic carbocycles. The Bertz CT molecular complexity index is 797. The second-order valence-electron chi connectivity index (χ2n) is 6.11. The number of anilines is 1. The number of benzene rings is 2. The molecule has 2 aliphatic rings. The normalized spacial score (nSPS) is 18.2. The summed E-state index contributed by atoms with van der Waals surface area (Å²) in [7, 11) is 0. The number of hydrogen-bond acceptors (Lipinski definition) is 4. The van der Waals surface area contributed by atoms with Gasteiger partial charge in [0, 0.05) is 29.7 Å². The van der Waals surface area contributed by atoms with E-state index < -0.39 is 0 Å². The van der Waals surface area contributed by atoms with Gasteiger partial charge in [-0.2, -0.15) is 0 Å². The van der Waals surface area contributed by atoms with Gasteiger partial charge in [0.15, 0.2) is 17.5 Å². The predicted octanol–water partition coefficient (Wildman–Crippen LogP) is 3.37. The van der Waals surface area contributed by atoms with E-state index in [9.17, 15) is 0 Å². The van der Waals surface area contributed by atoms with Crippen LogP contribution in [0.25, 0.3) is 0 Å². The molecule has 0 radical (unpaired) electrons. The number of fused-ring (bicyclic) bond motifs is 2. The van der Waals surface area contributed by atoms with Gasteiger partial charge < -0.3 is 25.3 Å². The monoisotopic (exact) mass is 467 g/mol. The molecular formula is C19H22IN3O3. The average Bonchev–Trinajstić information content (AvgIpc) is 2.89. The fraction of sp³-hybridized carbons (Fsp3) is 0.316. The van der Waals surface area contributed by atoms with Crippen molar-refractivity contribution in [1.82, 2.24) is 0 Å². The van der Waals surface area contributed by atoms with Gasteiger partial charge in [-0.3, -0.25) is 4.99 Å². The predicted molar refractivity (Wildman–Crippen MR) is 112 cm³/mol. The van der Waals surface area contributed by atoms with Crippen LogP contribution < -0.4 is 25.3 Å². The molecule has 0 aromatic heterocycles. The zero-order valence-corrected chi connectivity index (χ0v) is 16.6. The fourth-order valence-electron chi connectivity index (χ4n) is 3.02. The van der Waals surface area contributed by atoms with E-state index in [4.69, 9.17) is 19.9 Å². The molecule has 138 valence electrons. The van der Waals surface area contributed by atoms with Gasteiger partial charge in [0.1, 0.15) is 5.75 Å². The summed E-state index contributed by atoms with van der Waals surface area (Å²) in [5, 5.41) is 3.11. The molecule has 1 unspecified atom stereocenters. The number of nitrogens with one attached hydrogen (secondary N) is 1. The van der Waals surface area contributed by atoms with E-state index in [1.54, 1.807) is 0 Å². The largest absolute Gasteiger partial charge is 0.493 e. The van der Waals surface area contributed by atoms with Crippen molar-refractivity contribution in [3.05, 3.63) is 48.0 Å². The summed E-state index contributed by atoms with van der Waals surface area (Å²) in [5.41, 5.74) is 8.05. The zero-order chi connectivity index (χ0) is 17.1. The maximum Gasteiger partial charge on any atom is 0.193 e. The summed E-state index contributed by atoms with van der Waals surface area (Å²) in [6.45, 7) is 2.55. The van der Waals surface area contributed by atoms with E-state index in [1.807, 2.05) is 36.4 Å². The molecule has 2 aromatic rings. The highest BCUT2D eigenvalue weighted by Gasteiger charge is 2.23. The van der Waals surface area contributed by atoms with Crippen molar-refractivity contribution in [2.45, 2.75) is 12.3 Å². The first-order chi connectivity index (χ1) is 12.3. The SMILES string of the molecule is I.NC(=NCC1COc2ccccc21)Nc1ccc2c(c1)OCCCO2. The number of aliphatic imine (C=N–C) groups is 1. The average molecular weight is 467 g/mol. The standard InChI is InChI=1S/C19H21N3O3.HI/c20-19(21-11-13-12-25-16-5-2-1-4-15(13)16)22-14-6-7-17-18(10-14)24-9-3-8-23-17;/h1-2,4-7,10,13H,3,8-9,11-12H2,(H3,20,21,22);1H. The van der Waals surface area contributed by atoms with E-state index in [1.165, 1.54) is 5.56 Å². The van der Waals surface area contributed by atoms with E-state index in [0.717, 1.165) is 29.4 Å². The molecule has 0 bridgehead atoms. The Balaban J connectivity index is 0.00000196. The first kappa shape index (κ1) is 18.6. The van der Waals surface area contributed by atoms with Crippen molar-refractivity contribution in [3.63, 3.8) is 0 Å². The van der Waals surface area contributed by atoms with Crippen LogP contribution in [0.3, 0.4) is 0 Å². The summed E-state index contributed by atoms with van der Waals surface area (Å²) in [6, 6.07) is 13.7. The van der Waals surface area contributed by atoms with Gasteiger partial charge in [0.05, 0.1) is 26.4 Å². The highest BCUT2D eigenvalue weighted by Crippen LogP contribution is 2.34. The molecule has 4 rings (SSSR count). The highest BCUT2D eigenvalue weighted by molar-refractivity contribution is 14.0. The smallest absolute Gasteiger partial charge is 0.193 e. The number of nitrogens with two attached hydrogens (primary N) is 1. The molecule has 7 heteroatoms. The quantitative estimate of drug-likeness (QED) is 0.411. The number of ether oxygens (including phenoxy) is 3. The van der Waals surface area contributed by atoms with Crippen LogP contribution in [0.1, 0.15) is 17.9 Å². The molecule has 2 aliphatic heterocycles. The van der Waals surface area contributed by atoms with Gasteiger partial charge in [0.25, 0.3) is 0 Å². The van der Waals surface area contributed by atoms with Crippen molar-refractivity contribution in [1.29, 1.82) is 0 Å². The van der Waals surface area contributed by atoms with E-state index in [2.05, 4.69) is 16.4 Å². The molecule has 2 heterocycles. The lowest BCUT2D eigenvalue weighted by Crippen LogP contribution is -2.23. The molecule has 0 amide bonds. The molecular weight excluding hydrogens is 445 g/mol. The summed E-state index contributed by atoms with van der Waals surface area (Å²) in [6.07, 6.45) is 0.881. The third-order valence-electron chi connectivity index (χ3n) is 4.30. The van der Waals surface area contributed by atoms with Crippen LogP contribution in [0.2, 0.25) is 0 Å². The topological polar surface area (TPSA) is 78.1 Å². The van der Waals surface area contributed by atoms with Crippen LogP contribution in [0, 0.1) is 0 Å². The highest BCUT2D eigenvalue weighted by atomic mass is 127. The van der Waals surface area contributed by atoms with Crippen molar-refractivity contribution >= 4 is 35.6 Å². The number of para-hydroxylation sites is 1. The number of rotatable bonds is 3. The Hall–Kier alpha value is -2.16. The Kier molecular flexibility index (Phi) is 6.08. The summed E-state index contributed by atoms with van der Waals surface area (Å²) in [5.74, 6) is 3.04. The molecule has 0 fully saturated rings. The number of hydrogen-bond donors (Lipinski definition) is 2. The lowest BCUT2D eigenvalue weighted by molar-refractivity contribution is 0.297. The number of halogens is 1. The van der Waals surface area contributed by atoms with Crippen molar-refractivity contribution in [2.75, 3.05) is 31.7 Å². The van der Waals surface area contributed by atoms with E-state index in [0.29, 0.717) is 32.3 Å². The van der Waals surface area contributed by atoms with Crippen LogP contribution in [0.4, 0.5) is 5.69 Å². The maximum absolute atomic E-state index is 6.04. The minimum absolute atomic E-state index is 0. The van der Waals surface area contributed by atoms with Crippen LogP contribution in [-0.2, 0) is 0 Å². The molecule has 6 nitrogen and oxygen atoms in total. The van der Waals surface area contributed by atoms with Crippen molar-refractivity contribution in [2.24, 2.45) is 10.7 Å². The van der Waals surface area contributed by atoms with Gasteiger partial charge in [-0.25, -0.2) is 0 Å². The molecule has 0 saturated carbocycles. The molecule has 3 N–H and O–H groups in total. The minimum atomic E-state index is 0. The van der Waals surface area contributed by atoms with Gasteiger partial charge in [-0.15, -0.1) is 24.0 Å². The van der Waals surface area contributed by atoms with Gasteiger partial charge in [0.2, 0.25) is 0 Å². The van der Waals surface area contributed by atoms with Gasteiger partial charge in [-0.1, -0.05) is 18.2 Å². The van der Waals surface area contributed by atoms with Crippen LogP contribution in [-0.4, -0.2) is 32.3 Å². The molecule has 1 atom stereocenters. The lowest BCUT2D eigenvalue weighted by Gasteiger charge is -2.11. The Morgan fingerprint density at radius 3 is 2.73 bits per heavy atom. The van der Waals surface area contributed by atoms with E-state index in [-0.39, 0.29) is 29.9 Å². The second-order valence-corrected chi connectivity index (χ2v) is 6.11. The third-order valence-corrected chi connectivity index (χ3v) is 4.30. The Morgan fingerprint density at radius 2 is 1.85 bits per heavy atom. The van der Waals surface area contributed by atoms with Crippen molar-refractivity contribution in [3.8, 4) is 17.2 Å². The van der Waals surface area contributed by atoms with Crippen LogP contribution in [0.5, 0.6) is 17.2 Å². The fourth-order valence-corrected chi connectivity index (χ4v) is 3.02. The second kappa shape index (κ2) is 8.48. The summed E-state index contributed by atoms with van der Waals surface area (Å²) < 4.78 is 17.0. The first-order valence-electron chi connectivity index (χ1n) is 8.48. The molecule has 0 saturated heterocycles. The summed E-state index contributed by atoms with van der Waals surface area (Å²) in [4.78, 5) is 4.46.